The quantitative estimate of drug-likeness (QED) is 0.805. The van der Waals surface area contributed by atoms with E-state index in [0.717, 1.165) is 11.4 Å². The van der Waals surface area contributed by atoms with Crippen molar-refractivity contribution >= 4 is 11.4 Å². The molecule has 0 amide bonds. The van der Waals surface area contributed by atoms with Crippen molar-refractivity contribution < 1.29 is 4.74 Å². The summed E-state index contributed by atoms with van der Waals surface area (Å²) in [5.74, 6) is 0.781. The predicted molar refractivity (Wildman–Crippen MR) is 81.7 cm³/mol. The summed E-state index contributed by atoms with van der Waals surface area (Å²) in [4.78, 5) is 0. The average molecular weight is 262 g/mol. The van der Waals surface area contributed by atoms with E-state index in [4.69, 9.17) is 10.5 Å². The molecule has 0 heterocycles. The van der Waals surface area contributed by atoms with Gasteiger partial charge >= 0.3 is 0 Å². The third kappa shape index (κ3) is 3.79. The number of anilines is 2. The maximum Gasteiger partial charge on any atom is 0.144 e. The van der Waals surface area contributed by atoms with Gasteiger partial charge in [-0.05, 0) is 50.2 Å². The van der Waals surface area contributed by atoms with Gasteiger partial charge in [0.25, 0.3) is 0 Å². The lowest BCUT2D eigenvalue weighted by Crippen LogP contribution is -2.29. The standard InChI is InChI=1S/C16H26N2O/c1-4-19-15-11-13(5-6-14(15)17)18-12-7-9-16(2,3)10-8-12/h5-6,11-12,18H,4,7-10,17H2,1-3H3. The highest BCUT2D eigenvalue weighted by Crippen LogP contribution is 2.36. The summed E-state index contributed by atoms with van der Waals surface area (Å²) in [6, 6.07) is 6.54. The first-order chi connectivity index (χ1) is 9.00. The van der Waals surface area contributed by atoms with Gasteiger partial charge in [-0.3, -0.25) is 0 Å². The molecular formula is C16H26N2O. The predicted octanol–water partition coefficient (Wildman–Crippen LogP) is 4.05. The first-order valence-electron chi connectivity index (χ1n) is 7.29. The molecule has 0 aromatic heterocycles. The second kappa shape index (κ2) is 5.72. The highest BCUT2D eigenvalue weighted by molar-refractivity contribution is 5.61. The van der Waals surface area contributed by atoms with Gasteiger partial charge in [0.15, 0.2) is 0 Å². The summed E-state index contributed by atoms with van der Waals surface area (Å²) in [6.07, 6.45) is 5.05. The van der Waals surface area contributed by atoms with E-state index in [1.165, 1.54) is 25.7 Å². The van der Waals surface area contributed by atoms with Crippen molar-refractivity contribution in [2.45, 2.75) is 52.5 Å². The number of hydrogen-bond acceptors (Lipinski definition) is 3. The molecule has 1 aromatic carbocycles. The van der Waals surface area contributed by atoms with E-state index in [1.807, 2.05) is 25.1 Å². The highest BCUT2D eigenvalue weighted by Gasteiger charge is 2.26. The molecule has 1 aliphatic carbocycles. The van der Waals surface area contributed by atoms with Crippen LogP contribution >= 0.6 is 0 Å². The molecule has 0 saturated heterocycles. The molecule has 0 radical (unpaired) electrons. The molecule has 2 rings (SSSR count). The minimum Gasteiger partial charge on any atom is -0.492 e. The van der Waals surface area contributed by atoms with Crippen LogP contribution < -0.4 is 15.8 Å². The molecule has 3 N–H and O–H groups in total. The fourth-order valence-corrected chi connectivity index (χ4v) is 2.68. The second-order valence-corrected chi connectivity index (χ2v) is 6.27. The van der Waals surface area contributed by atoms with E-state index >= 15 is 0 Å². The number of ether oxygens (including phenoxy) is 1. The van der Waals surface area contributed by atoms with E-state index in [2.05, 4.69) is 19.2 Å². The number of nitrogens with one attached hydrogen (secondary N) is 1. The van der Waals surface area contributed by atoms with Crippen LogP contribution in [0.5, 0.6) is 5.75 Å². The first-order valence-corrected chi connectivity index (χ1v) is 7.29. The zero-order valence-corrected chi connectivity index (χ0v) is 12.3. The van der Waals surface area contributed by atoms with Crippen LogP contribution in [0.3, 0.4) is 0 Å². The van der Waals surface area contributed by atoms with Crippen LogP contribution in [0.2, 0.25) is 0 Å². The molecule has 0 unspecified atom stereocenters. The number of nitrogen functional groups attached to an aromatic ring is 1. The molecule has 0 atom stereocenters. The number of rotatable bonds is 4. The zero-order valence-electron chi connectivity index (χ0n) is 12.3. The third-order valence-electron chi connectivity index (χ3n) is 4.02. The highest BCUT2D eigenvalue weighted by atomic mass is 16.5. The lowest BCUT2D eigenvalue weighted by Gasteiger charge is -2.35. The lowest BCUT2D eigenvalue weighted by atomic mass is 9.75. The van der Waals surface area contributed by atoms with E-state index in [0.29, 0.717) is 23.8 Å². The van der Waals surface area contributed by atoms with Crippen LogP contribution in [0.15, 0.2) is 18.2 Å². The van der Waals surface area contributed by atoms with Crippen LogP contribution in [0, 0.1) is 5.41 Å². The largest absolute Gasteiger partial charge is 0.492 e. The van der Waals surface area contributed by atoms with Gasteiger partial charge in [-0.25, -0.2) is 0 Å². The SMILES string of the molecule is CCOc1cc(NC2CCC(C)(C)CC2)ccc1N. The van der Waals surface area contributed by atoms with E-state index in [1.54, 1.807) is 0 Å². The molecule has 106 valence electrons. The van der Waals surface area contributed by atoms with Gasteiger partial charge in [0.2, 0.25) is 0 Å². The maximum atomic E-state index is 5.89. The Kier molecular flexibility index (Phi) is 4.23. The summed E-state index contributed by atoms with van der Waals surface area (Å²) in [5, 5.41) is 3.61. The van der Waals surface area contributed by atoms with Crippen LogP contribution in [0.25, 0.3) is 0 Å². The van der Waals surface area contributed by atoms with Gasteiger partial charge in [-0.1, -0.05) is 13.8 Å². The van der Waals surface area contributed by atoms with Crippen molar-refractivity contribution in [3.63, 3.8) is 0 Å². The van der Waals surface area contributed by atoms with Gasteiger partial charge < -0.3 is 15.8 Å². The first kappa shape index (κ1) is 14.0. The van der Waals surface area contributed by atoms with E-state index in [-0.39, 0.29) is 0 Å². The third-order valence-corrected chi connectivity index (χ3v) is 4.02. The Morgan fingerprint density at radius 1 is 1.32 bits per heavy atom. The molecule has 1 aromatic rings. The molecule has 19 heavy (non-hydrogen) atoms. The lowest BCUT2D eigenvalue weighted by molar-refractivity contribution is 0.232. The zero-order chi connectivity index (χ0) is 13.9. The summed E-state index contributed by atoms with van der Waals surface area (Å²) < 4.78 is 5.53. The fraction of sp³-hybridized carbons (Fsp3) is 0.625. The van der Waals surface area contributed by atoms with Gasteiger partial charge in [0.1, 0.15) is 5.75 Å². The number of hydrogen-bond donors (Lipinski definition) is 2. The molecule has 1 fully saturated rings. The minimum absolute atomic E-state index is 0.510. The average Bonchev–Trinajstić information content (AvgIpc) is 2.36. The maximum absolute atomic E-state index is 5.89. The topological polar surface area (TPSA) is 47.3 Å². The minimum atomic E-state index is 0.510. The van der Waals surface area contributed by atoms with Crippen molar-refractivity contribution in [1.29, 1.82) is 0 Å². The van der Waals surface area contributed by atoms with E-state index < -0.39 is 0 Å². The van der Waals surface area contributed by atoms with Crippen LogP contribution in [-0.2, 0) is 0 Å². The summed E-state index contributed by atoms with van der Waals surface area (Å²) in [7, 11) is 0. The molecule has 3 heteroatoms. The molecular weight excluding hydrogens is 236 g/mol. The Morgan fingerprint density at radius 2 is 2.00 bits per heavy atom. The van der Waals surface area contributed by atoms with Crippen molar-refractivity contribution in [2.75, 3.05) is 17.7 Å². The smallest absolute Gasteiger partial charge is 0.144 e. The molecule has 1 saturated carbocycles. The summed E-state index contributed by atoms with van der Waals surface area (Å²) in [6.45, 7) is 7.34. The Bertz CT molecular complexity index is 419. The Morgan fingerprint density at radius 3 is 2.63 bits per heavy atom. The van der Waals surface area contributed by atoms with Gasteiger partial charge in [0, 0.05) is 17.8 Å². The molecule has 1 aliphatic rings. The van der Waals surface area contributed by atoms with Gasteiger partial charge in [0.05, 0.1) is 12.3 Å². The number of benzene rings is 1. The summed E-state index contributed by atoms with van der Waals surface area (Å²) >= 11 is 0. The van der Waals surface area contributed by atoms with Crippen LogP contribution in [0.4, 0.5) is 11.4 Å². The van der Waals surface area contributed by atoms with Crippen molar-refractivity contribution in [3.8, 4) is 5.75 Å². The molecule has 0 aliphatic heterocycles. The van der Waals surface area contributed by atoms with Gasteiger partial charge in [-0.2, -0.15) is 0 Å². The van der Waals surface area contributed by atoms with Gasteiger partial charge in [-0.15, -0.1) is 0 Å². The second-order valence-electron chi connectivity index (χ2n) is 6.27. The van der Waals surface area contributed by atoms with Crippen molar-refractivity contribution in [1.82, 2.24) is 0 Å². The van der Waals surface area contributed by atoms with E-state index in [9.17, 15) is 0 Å². The van der Waals surface area contributed by atoms with Crippen molar-refractivity contribution in [3.05, 3.63) is 18.2 Å². The van der Waals surface area contributed by atoms with Crippen molar-refractivity contribution in [2.24, 2.45) is 5.41 Å². The normalized spacial score (nSPS) is 19.1. The van der Waals surface area contributed by atoms with Crippen LogP contribution in [-0.4, -0.2) is 12.6 Å². The monoisotopic (exact) mass is 262 g/mol. The Balaban J connectivity index is 1.98. The molecule has 0 bridgehead atoms. The number of nitrogens with two attached hydrogens (primary N) is 1. The Labute approximate surface area is 116 Å². The summed E-state index contributed by atoms with van der Waals surface area (Å²) in [5.41, 5.74) is 8.22. The Hall–Kier alpha value is -1.38. The molecule has 3 nitrogen and oxygen atoms in total. The fourth-order valence-electron chi connectivity index (χ4n) is 2.68. The van der Waals surface area contributed by atoms with Crippen LogP contribution in [0.1, 0.15) is 46.5 Å². The molecule has 0 spiro atoms.